The van der Waals surface area contributed by atoms with E-state index in [1.165, 1.54) is 24.9 Å². The molecule has 0 aliphatic carbocycles. The molecule has 0 saturated heterocycles. The molecule has 126 valence electrons. The Morgan fingerprint density at radius 1 is 1.12 bits per heavy atom. The first-order chi connectivity index (χ1) is 11.4. The van der Waals surface area contributed by atoms with Gasteiger partial charge >= 0.3 is 5.97 Å². The van der Waals surface area contributed by atoms with Crippen LogP contribution in [-0.4, -0.2) is 24.2 Å². The van der Waals surface area contributed by atoms with Gasteiger partial charge in [-0.15, -0.1) is 11.8 Å². The third-order valence-corrected chi connectivity index (χ3v) is 4.83. The van der Waals surface area contributed by atoms with Gasteiger partial charge in [-0.2, -0.15) is 0 Å². The molecule has 2 aromatic carbocycles. The van der Waals surface area contributed by atoms with E-state index in [1.54, 1.807) is 31.2 Å². The standard InChI is InChI=1S/C17H15Cl2NO3S/c1-10(24-13-6-3-11(18)4-7-13)16(21)20-12-5-8-15(19)14(9-12)17(22)23-2/h3-10H,1-2H3,(H,20,21)/t10-/m0/s1. The number of anilines is 1. The molecule has 2 rings (SSSR count). The van der Waals surface area contributed by atoms with Gasteiger partial charge in [0.1, 0.15) is 0 Å². The van der Waals surface area contributed by atoms with Crippen LogP contribution in [0.15, 0.2) is 47.4 Å². The van der Waals surface area contributed by atoms with E-state index in [2.05, 4.69) is 10.1 Å². The summed E-state index contributed by atoms with van der Waals surface area (Å²) < 4.78 is 4.66. The molecular formula is C17H15Cl2NO3S. The van der Waals surface area contributed by atoms with Gasteiger partial charge in [0.25, 0.3) is 0 Å². The van der Waals surface area contributed by atoms with Crippen LogP contribution >= 0.6 is 35.0 Å². The number of benzene rings is 2. The Balaban J connectivity index is 2.05. The van der Waals surface area contributed by atoms with E-state index in [1.807, 2.05) is 12.1 Å². The van der Waals surface area contributed by atoms with E-state index in [0.29, 0.717) is 10.7 Å². The first kappa shape index (κ1) is 18.6. The zero-order chi connectivity index (χ0) is 17.7. The van der Waals surface area contributed by atoms with Crippen molar-refractivity contribution in [2.75, 3.05) is 12.4 Å². The number of halogens is 2. The highest BCUT2D eigenvalue weighted by atomic mass is 35.5. The second kappa shape index (κ2) is 8.42. The monoisotopic (exact) mass is 383 g/mol. The summed E-state index contributed by atoms with van der Waals surface area (Å²) in [6.07, 6.45) is 0. The van der Waals surface area contributed by atoms with Crippen molar-refractivity contribution in [1.29, 1.82) is 0 Å². The summed E-state index contributed by atoms with van der Waals surface area (Å²) in [7, 11) is 1.27. The quantitative estimate of drug-likeness (QED) is 0.589. The van der Waals surface area contributed by atoms with Crippen molar-refractivity contribution in [3.05, 3.63) is 58.1 Å². The number of ether oxygens (including phenoxy) is 1. The molecule has 0 aliphatic heterocycles. The molecule has 1 N–H and O–H groups in total. The van der Waals surface area contributed by atoms with Crippen molar-refractivity contribution in [2.45, 2.75) is 17.1 Å². The van der Waals surface area contributed by atoms with Gasteiger partial charge in [0.15, 0.2) is 0 Å². The Labute approximate surface area is 154 Å². The maximum absolute atomic E-state index is 12.3. The number of amides is 1. The minimum absolute atomic E-state index is 0.187. The number of carbonyl (C=O) groups is 2. The predicted octanol–water partition coefficient (Wildman–Crippen LogP) is 4.90. The summed E-state index contributed by atoms with van der Waals surface area (Å²) >= 11 is 13.2. The number of thioether (sulfide) groups is 1. The zero-order valence-corrected chi connectivity index (χ0v) is 15.3. The normalized spacial score (nSPS) is 11.7. The lowest BCUT2D eigenvalue weighted by molar-refractivity contribution is -0.115. The minimum Gasteiger partial charge on any atom is -0.465 e. The fourth-order valence-corrected chi connectivity index (χ4v) is 3.07. The molecule has 1 amide bonds. The first-order valence-electron chi connectivity index (χ1n) is 7.01. The summed E-state index contributed by atoms with van der Waals surface area (Å²) in [5.74, 6) is -0.743. The number of hydrogen-bond acceptors (Lipinski definition) is 4. The number of methoxy groups -OCH3 is 1. The third-order valence-electron chi connectivity index (χ3n) is 3.13. The molecule has 2 aromatic rings. The van der Waals surface area contributed by atoms with Crippen LogP contribution < -0.4 is 5.32 Å². The second-order valence-electron chi connectivity index (χ2n) is 4.89. The Morgan fingerprint density at radius 3 is 2.42 bits per heavy atom. The lowest BCUT2D eigenvalue weighted by Crippen LogP contribution is -2.22. The van der Waals surface area contributed by atoms with Gasteiger partial charge in [0.05, 0.1) is 22.9 Å². The molecular weight excluding hydrogens is 369 g/mol. The maximum atomic E-state index is 12.3. The SMILES string of the molecule is COC(=O)c1cc(NC(=O)[C@H](C)Sc2ccc(Cl)cc2)ccc1Cl. The first-order valence-corrected chi connectivity index (χ1v) is 8.65. The van der Waals surface area contributed by atoms with Crippen molar-refractivity contribution >= 4 is 52.5 Å². The van der Waals surface area contributed by atoms with E-state index < -0.39 is 5.97 Å². The third kappa shape index (κ3) is 4.90. The molecule has 4 nitrogen and oxygen atoms in total. The smallest absolute Gasteiger partial charge is 0.339 e. The molecule has 0 unspecified atom stereocenters. The van der Waals surface area contributed by atoms with Crippen LogP contribution in [0.2, 0.25) is 10.0 Å². The number of carbonyl (C=O) groups excluding carboxylic acids is 2. The van der Waals surface area contributed by atoms with Gasteiger partial charge in [-0.1, -0.05) is 23.2 Å². The summed E-state index contributed by atoms with van der Waals surface area (Å²) in [5, 5.41) is 3.35. The van der Waals surface area contributed by atoms with Crippen LogP contribution in [0.5, 0.6) is 0 Å². The Kier molecular flexibility index (Phi) is 6.54. The van der Waals surface area contributed by atoms with E-state index in [9.17, 15) is 9.59 Å². The van der Waals surface area contributed by atoms with Crippen molar-refractivity contribution < 1.29 is 14.3 Å². The zero-order valence-electron chi connectivity index (χ0n) is 13.0. The van der Waals surface area contributed by atoms with Crippen molar-refractivity contribution in [2.24, 2.45) is 0 Å². The van der Waals surface area contributed by atoms with Gasteiger partial charge in [0.2, 0.25) is 5.91 Å². The highest BCUT2D eigenvalue weighted by Crippen LogP contribution is 2.26. The summed E-state index contributed by atoms with van der Waals surface area (Å²) in [5.41, 5.74) is 0.684. The molecule has 0 bridgehead atoms. The lowest BCUT2D eigenvalue weighted by Gasteiger charge is -2.13. The molecule has 24 heavy (non-hydrogen) atoms. The molecule has 0 fully saturated rings. The topological polar surface area (TPSA) is 55.4 Å². The Morgan fingerprint density at radius 2 is 1.79 bits per heavy atom. The predicted molar refractivity (Wildman–Crippen MR) is 98.2 cm³/mol. The van der Waals surface area contributed by atoms with E-state index >= 15 is 0 Å². The van der Waals surface area contributed by atoms with Gasteiger partial charge < -0.3 is 10.1 Å². The number of nitrogens with one attached hydrogen (secondary N) is 1. The lowest BCUT2D eigenvalue weighted by atomic mass is 10.2. The highest BCUT2D eigenvalue weighted by Gasteiger charge is 2.17. The summed E-state index contributed by atoms with van der Waals surface area (Å²) in [6.45, 7) is 1.80. The molecule has 1 atom stereocenters. The maximum Gasteiger partial charge on any atom is 0.339 e. The average Bonchev–Trinajstić information content (AvgIpc) is 2.57. The molecule has 0 heterocycles. The fourth-order valence-electron chi connectivity index (χ4n) is 1.88. The number of esters is 1. The van der Waals surface area contributed by atoms with Gasteiger partial charge in [-0.3, -0.25) is 4.79 Å². The molecule has 0 aliphatic rings. The molecule has 0 saturated carbocycles. The van der Waals surface area contributed by atoms with Crippen LogP contribution in [-0.2, 0) is 9.53 Å². The van der Waals surface area contributed by atoms with E-state index in [0.717, 1.165) is 4.90 Å². The van der Waals surface area contributed by atoms with Gasteiger partial charge in [-0.25, -0.2) is 4.79 Å². The number of hydrogen-bond donors (Lipinski definition) is 1. The average molecular weight is 384 g/mol. The van der Waals surface area contributed by atoms with Crippen molar-refractivity contribution in [3.63, 3.8) is 0 Å². The summed E-state index contributed by atoms with van der Waals surface area (Å²) in [6, 6.07) is 11.9. The Hall–Kier alpha value is -1.69. The van der Waals surface area contributed by atoms with Crippen LogP contribution in [0.1, 0.15) is 17.3 Å². The van der Waals surface area contributed by atoms with Crippen LogP contribution in [0.3, 0.4) is 0 Å². The van der Waals surface area contributed by atoms with E-state index in [-0.39, 0.29) is 21.7 Å². The van der Waals surface area contributed by atoms with Crippen molar-refractivity contribution in [3.8, 4) is 0 Å². The minimum atomic E-state index is -0.556. The van der Waals surface area contributed by atoms with Gasteiger partial charge in [0, 0.05) is 15.6 Å². The molecule has 0 aromatic heterocycles. The molecule has 7 heteroatoms. The highest BCUT2D eigenvalue weighted by molar-refractivity contribution is 8.00. The fraction of sp³-hybridized carbons (Fsp3) is 0.176. The number of rotatable bonds is 5. The summed E-state index contributed by atoms with van der Waals surface area (Å²) in [4.78, 5) is 24.9. The van der Waals surface area contributed by atoms with Gasteiger partial charge in [-0.05, 0) is 49.4 Å². The van der Waals surface area contributed by atoms with Crippen molar-refractivity contribution in [1.82, 2.24) is 0 Å². The van der Waals surface area contributed by atoms with E-state index in [4.69, 9.17) is 23.2 Å². The Bertz CT molecular complexity index is 750. The van der Waals surface area contributed by atoms with Crippen LogP contribution in [0.25, 0.3) is 0 Å². The molecule has 0 spiro atoms. The second-order valence-corrected chi connectivity index (χ2v) is 7.15. The molecule has 0 radical (unpaired) electrons. The van der Waals surface area contributed by atoms with Crippen LogP contribution in [0, 0.1) is 0 Å². The van der Waals surface area contributed by atoms with Crippen LogP contribution in [0.4, 0.5) is 5.69 Å². The largest absolute Gasteiger partial charge is 0.465 e.